The Morgan fingerprint density at radius 1 is 0.475 bits per heavy atom. The first-order chi connectivity index (χ1) is 29.8. The van der Waals surface area contributed by atoms with Crippen molar-refractivity contribution >= 4 is 22.9 Å². The van der Waals surface area contributed by atoms with Gasteiger partial charge in [0.2, 0.25) is 0 Å². The summed E-state index contributed by atoms with van der Waals surface area (Å²) in [5.41, 5.74) is 12.0. The third-order valence-corrected chi connectivity index (χ3v) is 10.7. The Balaban J connectivity index is 1.45. The van der Waals surface area contributed by atoms with Gasteiger partial charge in [0.15, 0.2) is 5.82 Å². The second kappa shape index (κ2) is 15.3. The molecule has 1 aliphatic rings. The van der Waals surface area contributed by atoms with Gasteiger partial charge in [-0.2, -0.15) is 40.6 Å². The predicted octanol–water partition coefficient (Wildman–Crippen LogP) is 10.7. The maximum atomic E-state index is 9.92. The number of hydrogen-bond acceptors (Lipinski definition) is 8. The van der Waals surface area contributed by atoms with Crippen molar-refractivity contribution in [3.63, 3.8) is 0 Å². The molecule has 0 saturated carbocycles. The first-order valence-corrected chi connectivity index (χ1v) is 19.3. The fourth-order valence-corrected chi connectivity index (χ4v) is 7.54. The van der Waals surface area contributed by atoms with E-state index in [9.17, 15) is 26.5 Å². The first kappa shape index (κ1) is 37.5. The lowest BCUT2D eigenvalue weighted by Crippen LogP contribution is -2.25. The molecule has 8 aromatic rings. The number of rotatable bonds is 7. The molecule has 0 spiro atoms. The molecule has 6 aromatic carbocycles. The highest BCUT2D eigenvalue weighted by atomic mass is 15.5. The van der Waals surface area contributed by atoms with Crippen molar-refractivity contribution in [3.8, 4) is 74.9 Å². The van der Waals surface area contributed by atoms with Gasteiger partial charge in [0.25, 0.3) is 0 Å². The molecule has 2 aromatic heterocycles. The molecule has 0 bridgehead atoms. The van der Waals surface area contributed by atoms with Gasteiger partial charge >= 0.3 is 0 Å². The van der Waals surface area contributed by atoms with E-state index in [1.807, 2.05) is 91.3 Å². The van der Waals surface area contributed by atoms with Crippen LogP contribution in [0.15, 0.2) is 146 Å². The molecule has 10 nitrogen and oxygen atoms in total. The zero-order chi connectivity index (χ0) is 42.2. The number of hydrogen-bond donors (Lipinski definition) is 2. The van der Waals surface area contributed by atoms with Crippen LogP contribution in [0.4, 0.5) is 5.82 Å². The topological polar surface area (TPSA) is 167 Å². The van der Waals surface area contributed by atoms with E-state index in [0.717, 1.165) is 44.5 Å². The summed E-state index contributed by atoms with van der Waals surface area (Å²) in [6, 6.07) is 53.8. The summed E-state index contributed by atoms with van der Waals surface area (Å²) in [6.45, 7) is 4.06. The highest BCUT2D eigenvalue weighted by molar-refractivity contribution is 6.35. The van der Waals surface area contributed by atoms with Crippen LogP contribution in [-0.4, -0.2) is 25.3 Å². The monoisotopic (exact) mass is 784 g/mol. The first-order valence-electron chi connectivity index (χ1n) is 19.3. The summed E-state index contributed by atoms with van der Waals surface area (Å²) >= 11 is 0. The molecule has 0 radical (unpaired) electrons. The van der Waals surface area contributed by atoms with Gasteiger partial charge in [-0.1, -0.05) is 108 Å². The Hall–Kier alpha value is -9.09. The molecule has 286 valence electrons. The van der Waals surface area contributed by atoms with Crippen molar-refractivity contribution in [3.05, 3.63) is 190 Å². The van der Waals surface area contributed by atoms with Crippen LogP contribution in [0.25, 0.3) is 62.0 Å². The van der Waals surface area contributed by atoms with Crippen LogP contribution in [0.3, 0.4) is 0 Å². The molecule has 0 unspecified atom stereocenters. The molecular formula is C51H32N10. The molecule has 0 atom stereocenters. The second-order valence-electron chi connectivity index (χ2n) is 14.7. The molecule has 0 aliphatic carbocycles. The zero-order valence-electron chi connectivity index (χ0n) is 32.9. The third-order valence-electron chi connectivity index (χ3n) is 10.7. The average molecular weight is 785 g/mol. The summed E-state index contributed by atoms with van der Waals surface area (Å²) in [4.78, 5) is 0. The summed E-state index contributed by atoms with van der Waals surface area (Å²) in [7, 11) is 0. The maximum absolute atomic E-state index is 9.92. The van der Waals surface area contributed by atoms with E-state index >= 15 is 0 Å². The van der Waals surface area contributed by atoms with Gasteiger partial charge in [-0.25, -0.2) is 0 Å². The minimum Gasteiger partial charge on any atom is -0.324 e. The van der Waals surface area contributed by atoms with E-state index in [1.165, 1.54) is 0 Å². The molecule has 10 heteroatoms. The van der Waals surface area contributed by atoms with Crippen LogP contribution in [0.1, 0.15) is 44.5 Å². The standard InChI is InChI=1S/C51H32N10/c1-31-3-15-38(16-4-31)44-47(42-25-13-36(30-55)14-26-42)58-61-50(44)57-49(43(37-19-7-33(27-52)8-20-37)46(56)40-23-11-35(29-54)12-24-40)60-51(61)45(39-21-9-34(28-53)10-22-39)48(59-60)41-17-5-32(2)6-18-41/h3-26,56-57H,1-2H3/b49-43+,56-46?. The van der Waals surface area contributed by atoms with Gasteiger partial charge in [0, 0.05) is 16.7 Å². The van der Waals surface area contributed by atoms with E-state index < -0.39 is 0 Å². The van der Waals surface area contributed by atoms with Crippen LogP contribution < -0.4 is 5.32 Å². The highest BCUT2D eigenvalue weighted by Crippen LogP contribution is 2.48. The number of nitriles is 4. The number of anilines is 1. The molecular weight excluding hydrogens is 753 g/mol. The third kappa shape index (κ3) is 6.69. The highest BCUT2D eigenvalue weighted by Gasteiger charge is 2.36. The SMILES string of the molecule is Cc1ccc(-c2nn3c(c2-c2ccc(C#N)cc2)-n2nc(-c4ccc(C#N)cc4)c(-c4ccc(C)cc4)c2N/C3=C(\C(=N)c2ccc(C#N)cc2)c2ccc(C#N)cc2)cc1. The van der Waals surface area contributed by atoms with E-state index in [-0.39, 0.29) is 5.71 Å². The van der Waals surface area contributed by atoms with E-state index in [4.69, 9.17) is 10.2 Å². The Kier molecular flexibility index (Phi) is 9.43. The minimum atomic E-state index is 0.145. The van der Waals surface area contributed by atoms with Crippen molar-refractivity contribution in [1.82, 2.24) is 19.6 Å². The van der Waals surface area contributed by atoms with Gasteiger partial charge < -0.3 is 5.32 Å². The predicted molar refractivity (Wildman–Crippen MR) is 236 cm³/mol. The quantitative estimate of drug-likeness (QED) is 0.152. The summed E-state index contributed by atoms with van der Waals surface area (Å²) in [6.07, 6.45) is 0. The lowest BCUT2D eigenvalue weighted by atomic mass is 9.94. The Bertz CT molecular complexity index is 3230. The molecule has 1 aliphatic heterocycles. The number of aryl methyl sites for hydroxylation is 2. The van der Waals surface area contributed by atoms with Gasteiger partial charge in [-0.05, 0) is 79.1 Å². The minimum absolute atomic E-state index is 0.145. The molecule has 3 heterocycles. The van der Waals surface area contributed by atoms with Crippen LogP contribution >= 0.6 is 0 Å². The molecule has 9 rings (SSSR count). The molecule has 0 fully saturated rings. The smallest absolute Gasteiger partial charge is 0.169 e. The van der Waals surface area contributed by atoms with Crippen molar-refractivity contribution in [2.45, 2.75) is 13.8 Å². The van der Waals surface area contributed by atoms with E-state index in [0.29, 0.717) is 67.8 Å². The van der Waals surface area contributed by atoms with E-state index in [1.54, 1.807) is 65.3 Å². The summed E-state index contributed by atoms with van der Waals surface area (Å²) < 4.78 is 3.64. The van der Waals surface area contributed by atoms with Gasteiger partial charge in [0.05, 0.1) is 68.9 Å². The number of fused-ring (bicyclic) bond motifs is 3. The second-order valence-corrected chi connectivity index (χ2v) is 14.7. The fourth-order valence-electron chi connectivity index (χ4n) is 7.54. The van der Waals surface area contributed by atoms with Crippen molar-refractivity contribution in [2.75, 3.05) is 5.32 Å². The van der Waals surface area contributed by atoms with Gasteiger partial charge in [0.1, 0.15) is 23.0 Å². The lowest BCUT2D eigenvalue weighted by Gasteiger charge is -2.26. The number of nitrogens with zero attached hydrogens (tertiary/aromatic N) is 8. The number of allylic oxidation sites excluding steroid dienone is 1. The molecule has 0 amide bonds. The molecule has 0 saturated heterocycles. The average Bonchev–Trinajstić information content (AvgIpc) is 3.90. The van der Waals surface area contributed by atoms with Crippen molar-refractivity contribution in [1.29, 1.82) is 26.5 Å². The van der Waals surface area contributed by atoms with Crippen LogP contribution in [0, 0.1) is 64.6 Å². The van der Waals surface area contributed by atoms with Gasteiger partial charge in [-0.3, -0.25) is 5.41 Å². The largest absolute Gasteiger partial charge is 0.324 e. The van der Waals surface area contributed by atoms with Crippen molar-refractivity contribution in [2.24, 2.45) is 0 Å². The molecule has 2 N–H and O–H groups in total. The van der Waals surface area contributed by atoms with Crippen molar-refractivity contribution < 1.29 is 0 Å². The Morgan fingerprint density at radius 2 is 0.852 bits per heavy atom. The zero-order valence-corrected chi connectivity index (χ0v) is 32.9. The number of benzene rings is 6. The number of aromatic nitrogens is 4. The lowest BCUT2D eigenvalue weighted by molar-refractivity contribution is 0.760. The maximum Gasteiger partial charge on any atom is 0.169 e. The van der Waals surface area contributed by atoms with Crippen LogP contribution in [-0.2, 0) is 0 Å². The number of nitrogens with one attached hydrogen (secondary N) is 2. The molecule has 61 heavy (non-hydrogen) atoms. The Labute approximate surface area is 351 Å². The van der Waals surface area contributed by atoms with Gasteiger partial charge in [-0.15, -0.1) is 0 Å². The van der Waals surface area contributed by atoms with Crippen LogP contribution in [0.5, 0.6) is 0 Å². The Morgan fingerprint density at radius 3 is 1.34 bits per heavy atom. The normalized spacial score (nSPS) is 12.1. The van der Waals surface area contributed by atoms with Crippen LogP contribution in [0.2, 0.25) is 0 Å². The summed E-state index contributed by atoms with van der Waals surface area (Å²) in [5, 5.41) is 63.3. The summed E-state index contributed by atoms with van der Waals surface area (Å²) in [5.74, 6) is 1.64. The fraction of sp³-hybridized carbons (Fsp3) is 0.0392. The van der Waals surface area contributed by atoms with E-state index in [2.05, 4.69) is 41.7 Å².